The number of ether oxygens (including phenoxy) is 1. The van der Waals surface area contributed by atoms with Crippen molar-refractivity contribution in [2.45, 2.75) is 32.6 Å². The molecule has 0 saturated carbocycles. The smallest absolute Gasteiger partial charge is 0.260 e. The fourth-order valence-electron chi connectivity index (χ4n) is 3.14. The van der Waals surface area contributed by atoms with Crippen LogP contribution in [0.2, 0.25) is 0 Å². The number of hydrazone groups is 1. The highest BCUT2D eigenvalue weighted by molar-refractivity contribution is 7.92. The summed E-state index contributed by atoms with van der Waals surface area (Å²) in [5, 5.41) is 4.17. The molecule has 0 radical (unpaired) electrons. The molecule has 0 aliphatic carbocycles. The third kappa shape index (κ3) is 6.59. The first-order valence-corrected chi connectivity index (χ1v) is 11.4. The second kappa shape index (κ2) is 9.75. The van der Waals surface area contributed by atoms with Gasteiger partial charge in [0.2, 0.25) is 10.0 Å². The molecule has 0 spiro atoms. The summed E-state index contributed by atoms with van der Waals surface area (Å²) in [6.45, 7) is 5.68. The number of carbonyl (C=O) groups is 1. The molecule has 0 unspecified atom stereocenters. The maximum Gasteiger partial charge on any atom is 0.260 e. The summed E-state index contributed by atoms with van der Waals surface area (Å²) in [4.78, 5) is 12.4. The van der Waals surface area contributed by atoms with E-state index in [1.807, 2.05) is 25.1 Å². The van der Waals surface area contributed by atoms with Crippen LogP contribution in [0.1, 0.15) is 32.8 Å². The molecule has 0 atom stereocenters. The Bertz CT molecular complexity index is 985. The molecular formula is C22H29N3O4S. The minimum absolute atomic E-state index is 0.151. The summed E-state index contributed by atoms with van der Waals surface area (Å²) < 4.78 is 30.5. The monoisotopic (exact) mass is 431 g/mol. The van der Waals surface area contributed by atoms with E-state index in [1.165, 1.54) is 12.7 Å². The Hall–Kier alpha value is -2.87. The summed E-state index contributed by atoms with van der Waals surface area (Å²) in [7, 11) is -2.13. The van der Waals surface area contributed by atoms with Gasteiger partial charge >= 0.3 is 0 Å². The van der Waals surface area contributed by atoms with Crippen LogP contribution in [-0.2, 0) is 20.2 Å². The number of benzene rings is 2. The van der Waals surface area contributed by atoms with Crippen LogP contribution in [-0.4, -0.2) is 39.9 Å². The molecule has 0 heterocycles. The van der Waals surface area contributed by atoms with Crippen molar-refractivity contribution in [1.82, 2.24) is 5.43 Å². The van der Waals surface area contributed by atoms with Crippen LogP contribution in [0.5, 0.6) is 5.75 Å². The standard InChI is InChI=1S/C22H29N3O4S/c1-17(15-22(2,3)18-9-7-6-8-10-18)23-24-21(26)16-25(30(5,27)28)19-11-13-20(29-4)14-12-19/h6-14H,15-16H2,1-5H3,(H,24,26)/b23-17-. The van der Waals surface area contributed by atoms with Crippen LogP contribution < -0.4 is 14.5 Å². The Morgan fingerprint density at radius 1 is 1.10 bits per heavy atom. The molecule has 0 aromatic heterocycles. The van der Waals surface area contributed by atoms with Gasteiger partial charge in [0.05, 0.1) is 19.1 Å². The Labute approximate surface area is 178 Å². The summed E-state index contributed by atoms with van der Waals surface area (Å²) >= 11 is 0. The average molecular weight is 432 g/mol. The number of nitrogens with one attached hydrogen (secondary N) is 1. The molecule has 8 heteroatoms. The number of sulfonamides is 1. The Balaban J connectivity index is 2.06. The number of carbonyl (C=O) groups excluding carboxylic acids is 1. The van der Waals surface area contributed by atoms with Crippen LogP contribution in [0, 0.1) is 0 Å². The van der Waals surface area contributed by atoms with E-state index >= 15 is 0 Å². The van der Waals surface area contributed by atoms with E-state index in [4.69, 9.17) is 4.74 Å². The summed E-state index contributed by atoms with van der Waals surface area (Å²) in [5.41, 5.74) is 4.61. The quantitative estimate of drug-likeness (QED) is 0.487. The van der Waals surface area contributed by atoms with Crippen LogP contribution in [0.15, 0.2) is 59.7 Å². The van der Waals surface area contributed by atoms with Gasteiger partial charge in [0.25, 0.3) is 5.91 Å². The molecule has 2 aromatic rings. The van der Waals surface area contributed by atoms with Gasteiger partial charge in [-0.3, -0.25) is 9.10 Å². The van der Waals surface area contributed by atoms with Gasteiger partial charge in [-0.1, -0.05) is 44.2 Å². The van der Waals surface area contributed by atoms with Crippen molar-refractivity contribution in [2.24, 2.45) is 5.10 Å². The first-order chi connectivity index (χ1) is 14.0. The molecule has 0 bridgehead atoms. The minimum Gasteiger partial charge on any atom is -0.497 e. The lowest BCUT2D eigenvalue weighted by molar-refractivity contribution is -0.119. The summed E-state index contributed by atoms with van der Waals surface area (Å²) in [6, 6.07) is 16.5. The van der Waals surface area contributed by atoms with Crippen molar-refractivity contribution in [1.29, 1.82) is 0 Å². The van der Waals surface area contributed by atoms with Crippen molar-refractivity contribution < 1.29 is 17.9 Å². The SMILES string of the molecule is COc1ccc(N(CC(=O)N/N=C(/C)CC(C)(C)c2ccccc2)S(C)(=O)=O)cc1. The van der Waals surface area contributed by atoms with Crippen molar-refractivity contribution in [3.8, 4) is 5.75 Å². The number of hydrogen-bond donors (Lipinski definition) is 1. The predicted octanol–water partition coefficient (Wildman–Crippen LogP) is 3.32. The number of rotatable bonds is 9. The maximum atomic E-state index is 12.4. The van der Waals surface area contributed by atoms with E-state index in [-0.39, 0.29) is 12.0 Å². The second-order valence-corrected chi connectivity index (χ2v) is 9.68. The number of nitrogens with zero attached hydrogens (tertiary/aromatic N) is 2. The van der Waals surface area contributed by atoms with Crippen molar-refractivity contribution in [2.75, 3.05) is 24.2 Å². The highest BCUT2D eigenvalue weighted by Gasteiger charge is 2.23. The van der Waals surface area contributed by atoms with Gasteiger partial charge < -0.3 is 4.74 Å². The third-order valence-electron chi connectivity index (χ3n) is 4.67. The molecular weight excluding hydrogens is 402 g/mol. The molecule has 30 heavy (non-hydrogen) atoms. The predicted molar refractivity (Wildman–Crippen MR) is 121 cm³/mol. The molecule has 2 aromatic carbocycles. The van der Waals surface area contributed by atoms with Crippen LogP contribution in [0.3, 0.4) is 0 Å². The van der Waals surface area contributed by atoms with Gasteiger partial charge in [-0.25, -0.2) is 13.8 Å². The lowest BCUT2D eigenvalue weighted by atomic mass is 9.80. The van der Waals surface area contributed by atoms with E-state index in [0.29, 0.717) is 17.9 Å². The van der Waals surface area contributed by atoms with E-state index in [2.05, 4.69) is 36.5 Å². The zero-order chi connectivity index (χ0) is 22.4. The fourth-order valence-corrected chi connectivity index (χ4v) is 4.00. The van der Waals surface area contributed by atoms with Gasteiger partial charge in [0.1, 0.15) is 12.3 Å². The Morgan fingerprint density at radius 2 is 1.70 bits per heavy atom. The largest absolute Gasteiger partial charge is 0.497 e. The number of methoxy groups -OCH3 is 1. The highest BCUT2D eigenvalue weighted by atomic mass is 32.2. The van der Waals surface area contributed by atoms with Gasteiger partial charge in [-0.05, 0) is 48.6 Å². The van der Waals surface area contributed by atoms with Crippen LogP contribution in [0.25, 0.3) is 0 Å². The number of hydrogen-bond acceptors (Lipinski definition) is 5. The average Bonchev–Trinajstić information content (AvgIpc) is 2.70. The molecule has 1 amide bonds. The van der Waals surface area contributed by atoms with Crippen molar-refractivity contribution >= 4 is 27.3 Å². The number of anilines is 1. The van der Waals surface area contributed by atoms with Crippen LogP contribution in [0.4, 0.5) is 5.69 Å². The molecule has 0 fully saturated rings. The highest BCUT2D eigenvalue weighted by Crippen LogP contribution is 2.27. The van der Waals surface area contributed by atoms with Gasteiger partial charge in [-0.15, -0.1) is 0 Å². The van der Waals surface area contributed by atoms with Crippen molar-refractivity contribution in [3.05, 3.63) is 60.2 Å². The maximum absolute atomic E-state index is 12.4. The first kappa shape index (κ1) is 23.4. The van der Waals surface area contributed by atoms with E-state index in [0.717, 1.165) is 16.3 Å². The third-order valence-corrected chi connectivity index (χ3v) is 5.81. The summed E-state index contributed by atoms with van der Waals surface area (Å²) in [6.07, 6.45) is 1.70. The van der Waals surface area contributed by atoms with Gasteiger partial charge in [0.15, 0.2) is 0 Å². The molecule has 162 valence electrons. The van der Waals surface area contributed by atoms with E-state index < -0.39 is 15.9 Å². The zero-order valence-electron chi connectivity index (χ0n) is 18.0. The van der Waals surface area contributed by atoms with E-state index in [1.54, 1.807) is 24.3 Å². The molecule has 0 aliphatic rings. The first-order valence-electron chi connectivity index (χ1n) is 9.52. The zero-order valence-corrected chi connectivity index (χ0v) is 18.9. The topological polar surface area (TPSA) is 88.1 Å². The fraction of sp³-hybridized carbons (Fsp3) is 0.364. The minimum atomic E-state index is -3.65. The van der Waals surface area contributed by atoms with Crippen LogP contribution >= 0.6 is 0 Å². The van der Waals surface area contributed by atoms with Crippen molar-refractivity contribution in [3.63, 3.8) is 0 Å². The lowest BCUT2D eigenvalue weighted by Crippen LogP contribution is -2.39. The molecule has 2 rings (SSSR count). The van der Waals surface area contributed by atoms with Gasteiger partial charge in [-0.2, -0.15) is 5.10 Å². The molecule has 0 saturated heterocycles. The lowest BCUT2D eigenvalue weighted by Gasteiger charge is -2.25. The molecule has 0 aliphatic heterocycles. The second-order valence-electron chi connectivity index (χ2n) is 7.78. The number of amides is 1. The molecule has 1 N–H and O–H groups in total. The van der Waals surface area contributed by atoms with Gasteiger partial charge in [0, 0.05) is 5.71 Å². The Morgan fingerprint density at radius 3 is 2.23 bits per heavy atom. The molecule has 7 nitrogen and oxygen atoms in total. The summed E-state index contributed by atoms with van der Waals surface area (Å²) in [5.74, 6) is 0.0750. The normalized spacial score (nSPS) is 12.4. The van der Waals surface area contributed by atoms with E-state index in [9.17, 15) is 13.2 Å². The Kier molecular flexibility index (Phi) is 7.61.